The Morgan fingerprint density at radius 3 is 2.55 bits per heavy atom. The van der Waals surface area contributed by atoms with E-state index in [9.17, 15) is 13.2 Å². The molecule has 0 saturated heterocycles. The van der Waals surface area contributed by atoms with Crippen LogP contribution in [-0.2, 0) is 6.18 Å². The lowest BCUT2D eigenvalue weighted by Crippen LogP contribution is -2.41. The topological polar surface area (TPSA) is 36.4 Å². The van der Waals surface area contributed by atoms with Gasteiger partial charge in [-0.25, -0.2) is 0 Å². The van der Waals surface area contributed by atoms with Gasteiger partial charge >= 0.3 is 6.18 Å². The van der Waals surface area contributed by atoms with Crippen molar-refractivity contribution in [3.8, 4) is 11.8 Å². The number of nitrogens with one attached hydrogen (secondary N) is 2. The van der Waals surface area contributed by atoms with Crippen LogP contribution in [0.2, 0.25) is 0 Å². The highest BCUT2D eigenvalue weighted by atomic mass is 127. The van der Waals surface area contributed by atoms with Crippen molar-refractivity contribution in [2.24, 2.45) is 4.99 Å². The van der Waals surface area contributed by atoms with E-state index in [1.165, 1.54) is 6.07 Å². The van der Waals surface area contributed by atoms with Crippen LogP contribution >= 0.6 is 24.0 Å². The molecule has 122 valence electrons. The molecule has 0 aromatic heterocycles. The van der Waals surface area contributed by atoms with Crippen LogP contribution in [0.4, 0.5) is 13.2 Å². The van der Waals surface area contributed by atoms with E-state index in [2.05, 4.69) is 27.5 Å². The molecule has 1 aromatic carbocycles. The van der Waals surface area contributed by atoms with Crippen molar-refractivity contribution in [1.82, 2.24) is 10.6 Å². The Bertz CT molecular complexity index is 557. The maximum Gasteiger partial charge on any atom is 0.416 e. The number of hydrogen-bond acceptors (Lipinski definition) is 1. The number of benzene rings is 1. The minimum atomic E-state index is -4.35. The highest BCUT2D eigenvalue weighted by molar-refractivity contribution is 14.0. The molecule has 0 atom stereocenters. The number of hydrogen-bond donors (Lipinski definition) is 2. The second kappa shape index (κ2) is 9.56. The molecule has 1 aromatic rings. The lowest BCUT2D eigenvalue weighted by molar-refractivity contribution is -0.137. The lowest BCUT2D eigenvalue weighted by atomic mass is 10.1. The van der Waals surface area contributed by atoms with E-state index >= 15 is 0 Å². The van der Waals surface area contributed by atoms with Crippen LogP contribution in [0.15, 0.2) is 29.3 Å². The van der Waals surface area contributed by atoms with Gasteiger partial charge in [0.15, 0.2) is 5.96 Å². The average Bonchev–Trinajstić information content (AvgIpc) is 2.41. The molecule has 0 radical (unpaired) electrons. The SMILES string of the molecule is CN=C(NCC#Cc1cccc(C(F)(F)F)c1)NC(C)C.I. The molecule has 1 rings (SSSR count). The summed E-state index contributed by atoms with van der Waals surface area (Å²) in [6.07, 6.45) is -4.35. The van der Waals surface area contributed by atoms with Crippen LogP contribution in [0.25, 0.3) is 0 Å². The number of nitrogens with zero attached hydrogens (tertiary/aromatic N) is 1. The van der Waals surface area contributed by atoms with Crippen molar-refractivity contribution < 1.29 is 13.2 Å². The van der Waals surface area contributed by atoms with E-state index in [1.807, 2.05) is 13.8 Å². The van der Waals surface area contributed by atoms with Gasteiger partial charge < -0.3 is 10.6 Å². The zero-order chi connectivity index (χ0) is 15.9. The second-order valence-electron chi connectivity index (χ2n) is 4.61. The van der Waals surface area contributed by atoms with Gasteiger partial charge in [-0.1, -0.05) is 17.9 Å². The van der Waals surface area contributed by atoms with Crippen LogP contribution in [0.5, 0.6) is 0 Å². The molecule has 0 unspecified atom stereocenters. The van der Waals surface area contributed by atoms with E-state index in [0.717, 1.165) is 12.1 Å². The number of rotatable bonds is 2. The summed E-state index contributed by atoms with van der Waals surface area (Å²) in [5.41, 5.74) is -0.363. The summed E-state index contributed by atoms with van der Waals surface area (Å²) in [4.78, 5) is 4.00. The Labute approximate surface area is 145 Å². The van der Waals surface area contributed by atoms with Gasteiger partial charge in [0.1, 0.15) is 0 Å². The monoisotopic (exact) mass is 425 g/mol. The van der Waals surface area contributed by atoms with Crippen molar-refractivity contribution >= 4 is 29.9 Å². The first kappa shape index (κ1) is 20.6. The summed E-state index contributed by atoms with van der Waals surface area (Å²) in [5, 5.41) is 6.04. The molecule has 22 heavy (non-hydrogen) atoms. The molecule has 7 heteroatoms. The normalized spacial score (nSPS) is 11.3. The van der Waals surface area contributed by atoms with E-state index in [1.54, 1.807) is 13.1 Å². The Balaban J connectivity index is 0.00000441. The van der Waals surface area contributed by atoms with Crippen molar-refractivity contribution in [1.29, 1.82) is 0 Å². The number of alkyl halides is 3. The lowest BCUT2D eigenvalue weighted by Gasteiger charge is -2.12. The Hall–Kier alpha value is -1.43. The number of halogens is 4. The summed E-state index contributed by atoms with van der Waals surface area (Å²) < 4.78 is 37.6. The van der Waals surface area contributed by atoms with Gasteiger partial charge in [-0.15, -0.1) is 24.0 Å². The van der Waals surface area contributed by atoms with Crippen LogP contribution in [-0.4, -0.2) is 25.6 Å². The van der Waals surface area contributed by atoms with Gasteiger partial charge in [0, 0.05) is 18.7 Å². The average molecular weight is 425 g/mol. The molecule has 0 aliphatic heterocycles. The summed E-state index contributed by atoms with van der Waals surface area (Å²) in [7, 11) is 1.64. The molecule has 0 amide bonds. The maximum atomic E-state index is 12.5. The van der Waals surface area contributed by atoms with E-state index in [0.29, 0.717) is 18.1 Å². The zero-order valence-electron chi connectivity index (χ0n) is 12.6. The molecular formula is C15H19F3IN3. The van der Waals surface area contributed by atoms with Crippen LogP contribution in [0.1, 0.15) is 25.0 Å². The third-order valence-electron chi connectivity index (χ3n) is 2.42. The fraction of sp³-hybridized carbons (Fsp3) is 0.400. The van der Waals surface area contributed by atoms with Gasteiger partial charge in [-0.3, -0.25) is 4.99 Å². The fourth-order valence-corrected chi connectivity index (χ4v) is 1.52. The molecular weight excluding hydrogens is 406 g/mol. The summed E-state index contributed by atoms with van der Waals surface area (Å²) >= 11 is 0. The Kier molecular flexibility index (Phi) is 8.94. The van der Waals surface area contributed by atoms with Gasteiger partial charge in [-0.05, 0) is 32.0 Å². The summed E-state index contributed by atoms with van der Waals surface area (Å²) in [5.74, 6) is 6.06. The van der Waals surface area contributed by atoms with E-state index in [4.69, 9.17) is 0 Å². The molecule has 3 nitrogen and oxygen atoms in total. The largest absolute Gasteiger partial charge is 0.416 e. The first-order valence-electron chi connectivity index (χ1n) is 6.46. The molecule has 0 aliphatic rings. The molecule has 0 bridgehead atoms. The highest BCUT2D eigenvalue weighted by Gasteiger charge is 2.30. The first-order valence-corrected chi connectivity index (χ1v) is 6.46. The molecule has 0 spiro atoms. The van der Waals surface area contributed by atoms with Gasteiger partial charge in [0.05, 0.1) is 12.1 Å². The molecule has 0 heterocycles. The third kappa shape index (κ3) is 7.54. The third-order valence-corrected chi connectivity index (χ3v) is 2.42. The predicted octanol–water partition coefficient (Wildman–Crippen LogP) is 3.25. The summed E-state index contributed by atoms with van der Waals surface area (Å²) in [6.45, 7) is 4.24. The van der Waals surface area contributed by atoms with Crippen molar-refractivity contribution in [3.05, 3.63) is 35.4 Å². The quantitative estimate of drug-likeness (QED) is 0.331. The second-order valence-corrected chi connectivity index (χ2v) is 4.61. The number of guanidine groups is 1. The van der Waals surface area contributed by atoms with Crippen molar-refractivity contribution in [2.75, 3.05) is 13.6 Å². The molecule has 0 saturated carbocycles. The van der Waals surface area contributed by atoms with Gasteiger partial charge in [0.2, 0.25) is 0 Å². The predicted molar refractivity (Wildman–Crippen MR) is 93.4 cm³/mol. The Morgan fingerprint density at radius 1 is 1.32 bits per heavy atom. The standard InChI is InChI=1S/C15H18F3N3.HI/c1-11(2)21-14(19-3)20-9-5-7-12-6-4-8-13(10-12)15(16,17)18;/h4,6,8,10-11H,9H2,1-3H3,(H2,19,20,21);1H. The summed E-state index contributed by atoms with van der Waals surface area (Å²) in [6, 6.07) is 5.18. The Morgan fingerprint density at radius 2 is 2.00 bits per heavy atom. The van der Waals surface area contributed by atoms with Crippen LogP contribution in [0.3, 0.4) is 0 Å². The van der Waals surface area contributed by atoms with Crippen LogP contribution < -0.4 is 10.6 Å². The fourth-order valence-electron chi connectivity index (χ4n) is 1.52. The smallest absolute Gasteiger partial charge is 0.354 e. The van der Waals surface area contributed by atoms with Gasteiger partial charge in [0.25, 0.3) is 0 Å². The van der Waals surface area contributed by atoms with Crippen molar-refractivity contribution in [2.45, 2.75) is 26.1 Å². The van der Waals surface area contributed by atoms with Crippen molar-refractivity contribution in [3.63, 3.8) is 0 Å². The first-order chi connectivity index (χ1) is 9.82. The molecule has 0 aliphatic carbocycles. The van der Waals surface area contributed by atoms with Gasteiger partial charge in [-0.2, -0.15) is 13.2 Å². The maximum absolute atomic E-state index is 12.5. The minimum Gasteiger partial charge on any atom is -0.354 e. The number of aliphatic imine (C=N–C) groups is 1. The highest BCUT2D eigenvalue weighted by Crippen LogP contribution is 2.29. The minimum absolute atomic E-state index is 0. The van der Waals surface area contributed by atoms with E-state index < -0.39 is 11.7 Å². The van der Waals surface area contributed by atoms with Crippen LogP contribution in [0, 0.1) is 11.8 Å². The molecule has 0 fully saturated rings. The zero-order valence-corrected chi connectivity index (χ0v) is 14.9. The molecule has 2 N–H and O–H groups in total. The van der Waals surface area contributed by atoms with E-state index in [-0.39, 0.29) is 30.0 Å².